The van der Waals surface area contributed by atoms with Gasteiger partial charge in [0.25, 0.3) is 0 Å². The van der Waals surface area contributed by atoms with Gasteiger partial charge in [-0.05, 0) is 37.0 Å². The number of hydrogen-bond acceptors (Lipinski definition) is 2. The third-order valence-corrected chi connectivity index (χ3v) is 3.44. The molecule has 0 spiro atoms. The van der Waals surface area contributed by atoms with Gasteiger partial charge in [-0.25, -0.2) is 0 Å². The third kappa shape index (κ3) is 5.05. The maximum absolute atomic E-state index is 12.2. The summed E-state index contributed by atoms with van der Waals surface area (Å²) in [7, 11) is 0. The molecule has 2 amide bonds. The standard InChI is InChI=1S/C15H17F3N2O2/c16-15(17,18)8-7-10-3-1-4-11(9-10)19-14(22)12-5-2-6-13(21)20-12/h1,3-4,9,12H,2,5-8H2,(H,19,22)(H,20,21)/t12-/m1/s1. The summed E-state index contributed by atoms with van der Waals surface area (Å²) in [5.41, 5.74) is 0.937. The minimum absolute atomic E-state index is 0.132. The second-order valence-electron chi connectivity index (χ2n) is 5.32. The van der Waals surface area contributed by atoms with Crippen molar-refractivity contribution in [3.8, 4) is 0 Å². The molecule has 1 atom stereocenters. The van der Waals surface area contributed by atoms with Crippen molar-refractivity contribution in [2.45, 2.75) is 44.3 Å². The van der Waals surface area contributed by atoms with E-state index in [-0.39, 0.29) is 18.2 Å². The van der Waals surface area contributed by atoms with Crippen molar-refractivity contribution in [2.24, 2.45) is 0 Å². The lowest BCUT2D eigenvalue weighted by Gasteiger charge is -2.22. The summed E-state index contributed by atoms with van der Waals surface area (Å²) in [5.74, 6) is -0.508. The van der Waals surface area contributed by atoms with Gasteiger partial charge in [-0.15, -0.1) is 0 Å². The Morgan fingerprint density at radius 1 is 1.36 bits per heavy atom. The molecule has 1 saturated heterocycles. The molecule has 4 nitrogen and oxygen atoms in total. The topological polar surface area (TPSA) is 58.2 Å². The molecule has 1 aromatic carbocycles. The van der Waals surface area contributed by atoms with Crippen LogP contribution in [0.1, 0.15) is 31.2 Å². The summed E-state index contributed by atoms with van der Waals surface area (Å²) >= 11 is 0. The Hall–Kier alpha value is -2.05. The zero-order valence-corrected chi connectivity index (χ0v) is 11.9. The molecule has 120 valence electrons. The van der Waals surface area contributed by atoms with Gasteiger partial charge in [-0.3, -0.25) is 9.59 Å². The number of benzene rings is 1. The van der Waals surface area contributed by atoms with E-state index >= 15 is 0 Å². The SMILES string of the molecule is O=C1CCC[C@H](C(=O)Nc2cccc(CCC(F)(F)F)c2)N1. The van der Waals surface area contributed by atoms with Gasteiger partial charge in [0, 0.05) is 18.5 Å². The van der Waals surface area contributed by atoms with Gasteiger partial charge >= 0.3 is 6.18 Å². The van der Waals surface area contributed by atoms with Crippen molar-refractivity contribution < 1.29 is 22.8 Å². The number of alkyl halides is 3. The predicted octanol–water partition coefficient (Wildman–Crippen LogP) is 2.79. The van der Waals surface area contributed by atoms with Gasteiger partial charge in [0.05, 0.1) is 0 Å². The minimum atomic E-state index is -4.20. The zero-order valence-electron chi connectivity index (χ0n) is 11.9. The molecule has 0 aliphatic carbocycles. The van der Waals surface area contributed by atoms with Crippen LogP contribution in [-0.4, -0.2) is 24.0 Å². The number of halogens is 3. The largest absolute Gasteiger partial charge is 0.389 e. The second-order valence-corrected chi connectivity index (χ2v) is 5.32. The fourth-order valence-corrected chi connectivity index (χ4v) is 2.32. The Bertz CT molecular complexity index is 558. The molecule has 0 unspecified atom stereocenters. The molecule has 7 heteroatoms. The Morgan fingerprint density at radius 3 is 2.82 bits per heavy atom. The number of aryl methyl sites for hydroxylation is 1. The van der Waals surface area contributed by atoms with Crippen molar-refractivity contribution in [1.82, 2.24) is 5.32 Å². The van der Waals surface area contributed by atoms with Gasteiger partial charge in [0.2, 0.25) is 11.8 Å². The Balaban J connectivity index is 1.94. The molecule has 1 aromatic rings. The first-order chi connectivity index (χ1) is 10.3. The number of hydrogen-bond donors (Lipinski definition) is 2. The number of rotatable bonds is 4. The lowest BCUT2D eigenvalue weighted by atomic mass is 10.0. The van der Waals surface area contributed by atoms with Crippen LogP contribution in [0, 0.1) is 0 Å². The number of piperidine rings is 1. The minimum Gasteiger partial charge on any atom is -0.344 e. The highest BCUT2D eigenvalue weighted by molar-refractivity contribution is 5.97. The van der Waals surface area contributed by atoms with Crippen molar-refractivity contribution in [3.63, 3.8) is 0 Å². The highest BCUT2D eigenvalue weighted by Gasteiger charge is 2.27. The van der Waals surface area contributed by atoms with E-state index in [0.29, 0.717) is 30.5 Å². The van der Waals surface area contributed by atoms with E-state index < -0.39 is 18.6 Å². The molecule has 0 radical (unpaired) electrons. The average Bonchev–Trinajstić information content (AvgIpc) is 2.45. The Morgan fingerprint density at radius 2 is 2.14 bits per heavy atom. The van der Waals surface area contributed by atoms with Gasteiger partial charge in [-0.2, -0.15) is 13.2 Å². The molecule has 1 aliphatic rings. The summed E-state index contributed by atoms with van der Waals surface area (Å²) in [5, 5.41) is 5.23. The maximum Gasteiger partial charge on any atom is 0.389 e. The quantitative estimate of drug-likeness (QED) is 0.898. The number of amides is 2. The summed E-state index contributed by atoms with van der Waals surface area (Å²) in [6, 6.07) is 5.73. The molecular weight excluding hydrogens is 297 g/mol. The summed E-state index contributed by atoms with van der Waals surface area (Å²) in [6.07, 6.45) is -3.61. The lowest BCUT2D eigenvalue weighted by Crippen LogP contribution is -2.46. The van der Waals surface area contributed by atoms with Crippen molar-refractivity contribution in [2.75, 3.05) is 5.32 Å². The third-order valence-electron chi connectivity index (χ3n) is 3.44. The molecule has 1 aliphatic heterocycles. The first-order valence-corrected chi connectivity index (χ1v) is 7.09. The van der Waals surface area contributed by atoms with Crippen LogP contribution in [0.5, 0.6) is 0 Å². The van der Waals surface area contributed by atoms with Crippen LogP contribution < -0.4 is 10.6 Å². The summed E-state index contributed by atoms with van der Waals surface area (Å²) in [6.45, 7) is 0. The fraction of sp³-hybridized carbons (Fsp3) is 0.467. The first kappa shape index (κ1) is 16.3. The van der Waals surface area contributed by atoms with Gasteiger partial charge < -0.3 is 10.6 Å². The molecule has 0 aromatic heterocycles. The average molecular weight is 314 g/mol. The molecule has 22 heavy (non-hydrogen) atoms. The van der Waals surface area contributed by atoms with Crippen LogP contribution >= 0.6 is 0 Å². The van der Waals surface area contributed by atoms with E-state index in [2.05, 4.69) is 10.6 Å². The molecule has 0 saturated carbocycles. The van der Waals surface area contributed by atoms with E-state index in [1.165, 1.54) is 6.07 Å². The second kappa shape index (κ2) is 6.81. The van der Waals surface area contributed by atoms with Crippen LogP contribution in [0.15, 0.2) is 24.3 Å². The maximum atomic E-state index is 12.2. The van der Waals surface area contributed by atoms with Crippen LogP contribution in [-0.2, 0) is 16.0 Å². The Kier molecular flexibility index (Phi) is 5.05. The van der Waals surface area contributed by atoms with E-state index in [1.54, 1.807) is 18.2 Å². The van der Waals surface area contributed by atoms with Crippen molar-refractivity contribution >= 4 is 17.5 Å². The molecular formula is C15H17F3N2O2. The van der Waals surface area contributed by atoms with E-state index in [1.807, 2.05) is 0 Å². The molecule has 2 N–H and O–H groups in total. The molecule has 1 fully saturated rings. The number of carbonyl (C=O) groups is 2. The predicted molar refractivity (Wildman–Crippen MR) is 75.2 cm³/mol. The molecule has 2 rings (SSSR count). The van der Waals surface area contributed by atoms with E-state index in [4.69, 9.17) is 0 Å². The zero-order chi connectivity index (χ0) is 16.2. The Labute approximate surface area is 126 Å². The van der Waals surface area contributed by atoms with Crippen LogP contribution in [0.25, 0.3) is 0 Å². The number of carbonyl (C=O) groups excluding carboxylic acids is 2. The number of nitrogens with one attached hydrogen (secondary N) is 2. The van der Waals surface area contributed by atoms with Gasteiger partial charge in [0.15, 0.2) is 0 Å². The molecule has 1 heterocycles. The number of anilines is 1. The first-order valence-electron chi connectivity index (χ1n) is 7.09. The lowest BCUT2D eigenvalue weighted by molar-refractivity contribution is -0.134. The van der Waals surface area contributed by atoms with Crippen LogP contribution in [0.4, 0.5) is 18.9 Å². The summed E-state index contributed by atoms with van der Waals surface area (Å²) < 4.78 is 36.7. The van der Waals surface area contributed by atoms with Crippen molar-refractivity contribution in [3.05, 3.63) is 29.8 Å². The van der Waals surface area contributed by atoms with Crippen LogP contribution in [0.2, 0.25) is 0 Å². The normalized spacial score (nSPS) is 18.7. The molecule has 0 bridgehead atoms. The smallest absolute Gasteiger partial charge is 0.344 e. The van der Waals surface area contributed by atoms with Crippen molar-refractivity contribution in [1.29, 1.82) is 0 Å². The highest BCUT2D eigenvalue weighted by atomic mass is 19.4. The van der Waals surface area contributed by atoms with E-state index in [9.17, 15) is 22.8 Å². The monoisotopic (exact) mass is 314 g/mol. The van der Waals surface area contributed by atoms with E-state index in [0.717, 1.165) is 0 Å². The summed E-state index contributed by atoms with van der Waals surface area (Å²) in [4.78, 5) is 23.3. The van der Waals surface area contributed by atoms with Crippen LogP contribution in [0.3, 0.4) is 0 Å². The van der Waals surface area contributed by atoms with Gasteiger partial charge in [-0.1, -0.05) is 12.1 Å². The fourth-order valence-electron chi connectivity index (χ4n) is 2.32. The highest BCUT2D eigenvalue weighted by Crippen LogP contribution is 2.23. The van der Waals surface area contributed by atoms with Gasteiger partial charge in [0.1, 0.15) is 6.04 Å².